The summed E-state index contributed by atoms with van der Waals surface area (Å²) in [7, 11) is 0. The molecule has 34 heavy (non-hydrogen) atoms. The van der Waals surface area contributed by atoms with E-state index in [0.717, 1.165) is 17.0 Å². The van der Waals surface area contributed by atoms with E-state index < -0.39 is 23.8 Å². The molecule has 0 radical (unpaired) electrons. The average Bonchev–Trinajstić information content (AvgIpc) is 3.02. The molecule has 0 saturated carbocycles. The maximum absolute atomic E-state index is 15.0. The van der Waals surface area contributed by atoms with Crippen LogP contribution in [-0.2, 0) is 14.4 Å². The highest BCUT2D eigenvalue weighted by Gasteiger charge is 2.34. The molecule has 2 fully saturated rings. The molecule has 0 spiro atoms. The van der Waals surface area contributed by atoms with Gasteiger partial charge >= 0.3 is 6.09 Å². The Morgan fingerprint density at radius 1 is 1.12 bits per heavy atom. The van der Waals surface area contributed by atoms with E-state index in [4.69, 9.17) is 9.57 Å². The molecule has 1 atom stereocenters. The van der Waals surface area contributed by atoms with Gasteiger partial charge in [-0.3, -0.25) is 19.5 Å². The van der Waals surface area contributed by atoms with Crippen LogP contribution in [-0.4, -0.2) is 66.7 Å². The van der Waals surface area contributed by atoms with E-state index in [-0.39, 0.29) is 62.3 Å². The van der Waals surface area contributed by atoms with Gasteiger partial charge in [0.05, 0.1) is 25.4 Å². The number of nitrogens with zero attached hydrogens (tertiary/aromatic N) is 4. The molecule has 2 aromatic rings. The quantitative estimate of drug-likeness (QED) is 0.636. The van der Waals surface area contributed by atoms with Crippen molar-refractivity contribution in [3.8, 4) is 0 Å². The molecule has 3 heterocycles. The van der Waals surface area contributed by atoms with E-state index in [1.165, 1.54) is 29.3 Å². The van der Waals surface area contributed by atoms with E-state index in [1.807, 2.05) is 0 Å². The Bertz CT molecular complexity index is 1060. The first-order valence-electron chi connectivity index (χ1n) is 10.9. The van der Waals surface area contributed by atoms with E-state index in [0.29, 0.717) is 12.0 Å². The third-order valence-electron chi connectivity index (χ3n) is 5.66. The standard InChI is InChI=1S/C23H24F2N4O5/c1-15(30)2-3-18-14-28(23(32)34-18)17-12-19(24)21(20(25)13-17)27-8-9-29(33-11-10-27)22(31)16-4-6-26-7-5-16/h4-7,12-13,18H,2-3,8-11,14H2,1H3/t18-/m0/s1. The maximum atomic E-state index is 15.0. The molecular formula is C23H24F2N4O5. The van der Waals surface area contributed by atoms with Crippen LogP contribution < -0.4 is 9.80 Å². The van der Waals surface area contributed by atoms with Crippen LogP contribution in [0.3, 0.4) is 0 Å². The fourth-order valence-electron chi connectivity index (χ4n) is 3.93. The number of carbonyl (C=O) groups is 3. The van der Waals surface area contributed by atoms with Gasteiger partial charge < -0.3 is 14.4 Å². The topological polar surface area (TPSA) is 92.3 Å². The summed E-state index contributed by atoms with van der Waals surface area (Å²) < 4.78 is 35.3. The van der Waals surface area contributed by atoms with Crippen molar-refractivity contribution in [1.29, 1.82) is 0 Å². The summed E-state index contributed by atoms with van der Waals surface area (Å²) in [5.41, 5.74) is 0.171. The minimum Gasteiger partial charge on any atom is -0.444 e. The summed E-state index contributed by atoms with van der Waals surface area (Å²) >= 11 is 0. The highest BCUT2D eigenvalue weighted by Crippen LogP contribution is 2.32. The van der Waals surface area contributed by atoms with Crippen molar-refractivity contribution in [2.75, 3.05) is 42.6 Å². The second-order valence-electron chi connectivity index (χ2n) is 8.08. The van der Waals surface area contributed by atoms with Crippen molar-refractivity contribution < 1.29 is 32.7 Å². The number of aromatic nitrogens is 1. The number of hydroxylamine groups is 2. The lowest BCUT2D eigenvalue weighted by Crippen LogP contribution is -2.35. The van der Waals surface area contributed by atoms with Crippen molar-refractivity contribution in [2.45, 2.75) is 25.9 Å². The van der Waals surface area contributed by atoms with Crippen LogP contribution in [0.2, 0.25) is 0 Å². The van der Waals surface area contributed by atoms with Crippen LogP contribution in [0.5, 0.6) is 0 Å². The van der Waals surface area contributed by atoms with E-state index >= 15 is 8.78 Å². The van der Waals surface area contributed by atoms with Gasteiger partial charge in [-0.15, -0.1) is 0 Å². The molecular weight excluding hydrogens is 450 g/mol. The number of ether oxygens (including phenoxy) is 1. The predicted octanol–water partition coefficient (Wildman–Crippen LogP) is 2.95. The van der Waals surface area contributed by atoms with Crippen molar-refractivity contribution in [1.82, 2.24) is 10.0 Å². The summed E-state index contributed by atoms with van der Waals surface area (Å²) in [4.78, 5) is 48.0. The molecule has 180 valence electrons. The lowest BCUT2D eigenvalue weighted by Gasteiger charge is -2.24. The summed E-state index contributed by atoms with van der Waals surface area (Å²) in [5, 5.41) is 1.17. The van der Waals surface area contributed by atoms with Gasteiger partial charge in [0.1, 0.15) is 17.6 Å². The first-order valence-corrected chi connectivity index (χ1v) is 10.9. The van der Waals surface area contributed by atoms with Gasteiger partial charge in [-0.05, 0) is 25.5 Å². The number of cyclic esters (lactones) is 1. The predicted molar refractivity (Wildman–Crippen MR) is 117 cm³/mol. The zero-order valence-electron chi connectivity index (χ0n) is 18.6. The first kappa shape index (κ1) is 23.6. The van der Waals surface area contributed by atoms with Gasteiger partial charge in [-0.2, -0.15) is 0 Å². The molecule has 4 rings (SSSR count). The number of benzene rings is 1. The summed E-state index contributed by atoms with van der Waals surface area (Å²) in [5.74, 6) is -2.08. The van der Waals surface area contributed by atoms with Crippen LogP contribution in [0.25, 0.3) is 0 Å². The molecule has 0 N–H and O–H groups in total. The third-order valence-corrected chi connectivity index (χ3v) is 5.66. The zero-order valence-corrected chi connectivity index (χ0v) is 18.6. The summed E-state index contributed by atoms with van der Waals surface area (Å²) in [6.45, 7) is 2.00. The van der Waals surface area contributed by atoms with Crippen LogP contribution >= 0.6 is 0 Å². The average molecular weight is 474 g/mol. The van der Waals surface area contributed by atoms with Gasteiger partial charge in [-0.25, -0.2) is 18.6 Å². The van der Waals surface area contributed by atoms with Gasteiger partial charge in [0.2, 0.25) is 0 Å². The lowest BCUT2D eigenvalue weighted by molar-refractivity contribution is -0.117. The number of carbonyl (C=O) groups excluding carboxylic acids is 3. The number of rotatable bonds is 6. The number of Topliss-reactive ketones (excluding diaryl/α,β-unsaturated/α-hetero) is 1. The molecule has 2 aliphatic heterocycles. The third kappa shape index (κ3) is 5.14. The Labute approximate surface area is 194 Å². The van der Waals surface area contributed by atoms with Gasteiger partial charge in [-0.1, -0.05) is 0 Å². The molecule has 0 unspecified atom stereocenters. The van der Waals surface area contributed by atoms with Crippen molar-refractivity contribution in [3.63, 3.8) is 0 Å². The molecule has 2 amide bonds. The number of hydrogen-bond acceptors (Lipinski definition) is 7. The Morgan fingerprint density at radius 3 is 2.50 bits per heavy atom. The van der Waals surface area contributed by atoms with Crippen LogP contribution in [0.4, 0.5) is 25.0 Å². The SMILES string of the molecule is CC(=O)CC[C@H]1CN(c2cc(F)c(N3CCON(C(=O)c4ccncc4)CC3)c(F)c2)C(=O)O1. The summed E-state index contributed by atoms with van der Waals surface area (Å²) in [6.07, 6.45) is 2.35. The lowest BCUT2D eigenvalue weighted by atomic mass is 10.1. The van der Waals surface area contributed by atoms with Crippen LogP contribution in [0.15, 0.2) is 36.7 Å². The Hall–Kier alpha value is -3.60. The fourth-order valence-corrected chi connectivity index (χ4v) is 3.93. The largest absolute Gasteiger partial charge is 0.444 e. The van der Waals surface area contributed by atoms with Gasteiger partial charge in [0, 0.05) is 49.6 Å². The number of amides is 2. The highest BCUT2D eigenvalue weighted by molar-refractivity contribution is 5.93. The molecule has 0 bridgehead atoms. The Balaban J connectivity index is 1.45. The minimum atomic E-state index is -0.844. The monoisotopic (exact) mass is 474 g/mol. The van der Waals surface area contributed by atoms with Crippen molar-refractivity contribution in [2.24, 2.45) is 0 Å². The van der Waals surface area contributed by atoms with Crippen molar-refractivity contribution >= 4 is 29.2 Å². The van der Waals surface area contributed by atoms with Gasteiger partial charge in [0.15, 0.2) is 11.6 Å². The Morgan fingerprint density at radius 2 is 1.82 bits per heavy atom. The number of anilines is 2. The van der Waals surface area contributed by atoms with E-state index in [2.05, 4.69) is 4.98 Å². The second kappa shape index (κ2) is 10.1. The van der Waals surface area contributed by atoms with Crippen molar-refractivity contribution in [3.05, 3.63) is 53.9 Å². The number of hydrogen-bond donors (Lipinski definition) is 0. The molecule has 9 nitrogen and oxygen atoms in total. The second-order valence-corrected chi connectivity index (χ2v) is 8.08. The highest BCUT2D eigenvalue weighted by atomic mass is 19.1. The smallest absolute Gasteiger partial charge is 0.414 e. The molecule has 2 aliphatic rings. The maximum Gasteiger partial charge on any atom is 0.414 e. The fraction of sp³-hybridized carbons (Fsp3) is 0.391. The molecule has 11 heteroatoms. The molecule has 1 aromatic heterocycles. The zero-order chi connectivity index (χ0) is 24.2. The summed E-state index contributed by atoms with van der Waals surface area (Å²) in [6, 6.07) is 5.28. The van der Waals surface area contributed by atoms with Crippen LogP contribution in [0.1, 0.15) is 30.1 Å². The Kier molecular flexibility index (Phi) is 7.01. The minimum absolute atomic E-state index is 0.0292. The number of ketones is 1. The normalized spacial score (nSPS) is 18.6. The molecule has 2 saturated heterocycles. The van der Waals surface area contributed by atoms with Gasteiger partial charge in [0.25, 0.3) is 5.91 Å². The molecule has 1 aromatic carbocycles. The first-order chi connectivity index (χ1) is 16.3. The number of halogens is 2. The van der Waals surface area contributed by atoms with E-state index in [1.54, 1.807) is 12.1 Å². The van der Waals surface area contributed by atoms with Crippen LogP contribution in [0, 0.1) is 11.6 Å². The molecule has 0 aliphatic carbocycles. The number of pyridine rings is 1. The van der Waals surface area contributed by atoms with E-state index in [9.17, 15) is 14.4 Å².